The molecule has 1 amide bonds. The third kappa shape index (κ3) is 5.85. The van der Waals surface area contributed by atoms with Crippen LogP contribution in [0.15, 0.2) is 24.3 Å². The number of nitrogens with one attached hydrogen (secondary N) is 1. The highest BCUT2D eigenvalue weighted by atomic mass is 16.5. The van der Waals surface area contributed by atoms with Crippen molar-refractivity contribution in [3.63, 3.8) is 0 Å². The molecular weight excluding hydrogens is 270 g/mol. The Morgan fingerprint density at radius 3 is 2.62 bits per heavy atom. The molecule has 0 saturated heterocycles. The molecule has 1 rings (SSSR count). The summed E-state index contributed by atoms with van der Waals surface area (Å²) in [6.07, 6.45) is 1.93. The van der Waals surface area contributed by atoms with Gasteiger partial charge in [0.1, 0.15) is 11.8 Å². The molecule has 0 heterocycles. The Bertz CT molecular complexity index is 473. The number of ether oxygens (including phenoxy) is 1. The number of benzene rings is 1. The average molecular weight is 293 g/mol. The predicted octanol–water partition coefficient (Wildman–Crippen LogP) is 2.39. The Morgan fingerprint density at radius 2 is 2.00 bits per heavy atom. The number of hydrogen-bond donors (Lipinski definition) is 2. The number of carbonyl (C=O) groups is 2. The molecule has 1 aromatic rings. The molecule has 1 aromatic carbocycles. The molecule has 0 aliphatic carbocycles. The van der Waals surface area contributed by atoms with Crippen LogP contribution in [0.25, 0.3) is 0 Å². The van der Waals surface area contributed by atoms with Crippen LogP contribution in [0.4, 0.5) is 0 Å². The molecular formula is C16H23NO4. The predicted molar refractivity (Wildman–Crippen MR) is 80.4 cm³/mol. The van der Waals surface area contributed by atoms with Crippen molar-refractivity contribution in [1.82, 2.24) is 5.32 Å². The second-order valence-electron chi connectivity index (χ2n) is 4.79. The van der Waals surface area contributed by atoms with Crippen LogP contribution in [-0.2, 0) is 16.0 Å². The highest BCUT2D eigenvalue weighted by molar-refractivity contribution is 5.83. The van der Waals surface area contributed by atoms with Crippen LogP contribution in [0, 0.1) is 0 Å². The van der Waals surface area contributed by atoms with Crippen LogP contribution >= 0.6 is 0 Å². The molecule has 1 atom stereocenters. The number of rotatable bonds is 9. The van der Waals surface area contributed by atoms with Gasteiger partial charge in [-0.25, -0.2) is 4.79 Å². The molecule has 21 heavy (non-hydrogen) atoms. The quantitative estimate of drug-likeness (QED) is 0.733. The zero-order chi connectivity index (χ0) is 15.7. The van der Waals surface area contributed by atoms with Gasteiger partial charge in [-0.1, -0.05) is 31.5 Å². The van der Waals surface area contributed by atoms with Crippen molar-refractivity contribution < 1.29 is 19.4 Å². The first-order valence-corrected chi connectivity index (χ1v) is 7.31. The van der Waals surface area contributed by atoms with Gasteiger partial charge in [0, 0.05) is 6.42 Å². The highest BCUT2D eigenvalue weighted by Gasteiger charge is 2.18. The van der Waals surface area contributed by atoms with E-state index in [9.17, 15) is 9.59 Å². The van der Waals surface area contributed by atoms with E-state index in [1.165, 1.54) is 0 Å². The van der Waals surface area contributed by atoms with E-state index < -0.39 is 12.0 Å². The Balaban J connectivity index is 2.54. The van der Waals surface area contributed by atoms with Crippen molar-refractivity contribution >= 4 is 11.9 Å². The molecule has 5 heteroatoms. The summed E-state index contributed by atoms with van der Waals surface area (Å²) in [7, 11) is 0. The Hall–Kier alpha value is -2.04. The molecule has 1 unspecified atom stereocenters. The van der Waals surface area contributed by atoms with E-state index in [4.69, 9.17) is 9.84 Å². The number of aryl methyl sites for hydroxylation is 1. The summed E-state index contributed by atoms with van der Waals surface area (Å²) in [5, 5.41) is 11.6. The van der Waals surface area contributed by atoms with Crippen molar-refractivity contribution in [1.29, 1.82) is 0 Å². The molecule has 5 nitrogen and oxygen atoms in total. The number of carboxylic acids is 1. The minimum absolute atomic E-state index is 0.248. The number of para-hydroxylation sites is 1. The standard InChI is InChI=1S/C16H23NO4/c1-3-7-13(16(19)20)17-15(18)11-10-12-8-5-6-9-14(12)21-4-2/h5-6,8-9,13H,3-4,7,10-11H2,1-2H3,(H,17,18)(H,19,20). The number of hydrogen-bond acceptors (Lipinski definition) is 3. The van der Waals surface area contributed by atoms with E-state index in [-0.39, 0.29) is 12.3 Å². The first-order valence-electron chi connectivity index (χ1n) is 7.31. The van der Waals surface area contributed by atoms with Crippen molar-refractivity contribution in [2.45, 2.75) is 45.6 Å². The fourth-order valence-corrected chi connectivity index (χ4v) is 2.07. The lowest BCUT2D eigenvalue weighted by atomic mass is 10.1. The lowest BCUT2D eigenvalue weighted by Crippen LogP contribution is -2.40. The van der Waals surface area contributed by atoms with Crippen LogP contribution in [-0.4, -0.2) is 29.6 Å². The van der Waals surface area contributed by atoms with E-state index in [1.54, 1.807) is 0 Å². The Labute approximate surface area is 125 Å². The van der Waals surface area contributed by atoms with Crippen LogP contribution in [0.3, 0.4) is 0 Å². The normalized spacial score (nSPS) is 11.7. The van der Waals surface area contributed by atoms with Crippen molar-refractivity contribution in [3.05, 3.63) is 29.8 Å². The lowest BCUT2D eigenvalue weighted by Gasteiger charge is -2.14. The molecule has 0 aromatic heterocycles. The Kier molecular flexibility index (Phi) is 7.29. The maximum atomic E-state index is 11.9. The van der Waals surface area contributed by atoms with E-state index in [1.807, 2.05) is 38.1 Å². The fraction of sp³-hybridized carbons (Fsp3) is 0.500. The number of aliphatic carboxylic acids is 1. The summed E-state index contributed by atoms with van der Waals surface area (Å²) in [4.78, 5) is 22.9. The number of carboxylic acid groups (broad SMARTS) is 1. The maximum absolute atomic E-state index is 11.9. The van der Waals surface area contributed by atoms with Crippen LogP contribution in [0.1, 0.15) is 38.7 Å². The summed E-state index contributed by atoms with van der Waals surface area (Å²) >= 11 is 0. The van der Waals surface area contributed by atoms with E-state index in [0.717, 1.165) is 11.3 Å². The van der Waals surface area contributed by atoms with Gasteiger partial charge in [0.2, 0.25) is 5.91 Å². The molecule has 0 fully saturated rings. The Morgan fingerprint density at radius 1 is 1.29 bits per heavy atom. The molecule has 116 valence electrons. The van der Waals surface area contributed by atoms with E-state index in [0.29, 0.717) is 25.9 Å². The monoisotopic (exact) mass is 293 g/mol. The van der Waals surface area contributed by atoms with Crippen molar-refractivity contribution in [3.8, 4) is 5.75 Å². The molecule has 2 N–H and O–H groups in total. The maximum Gasteiger partial charge on any atom is 0.326 e. The third-order valence-corrected chi connectivity index (χ3v) is 3.10. The van der Waals surface area contributed by atoms with Gasteiger partial charge in [-0.15, -0.1) is 0 Å². The summed E-state index contributed by atoms with van der Waals surface area (Å²) in [5.41, 5.74) is 0.955. The van der Waals surface area contributed by atoms with Gasteiger partial charge in [0.15, 0.2) is 0 Å². The minimum Gasteiger partial charge on any atom is -0.494 e. The third-order valence-electron chi connectivity index (χ3n) is 3.10. The topological polar surface area (TPSA) is 75.6 Å². The highest BCUT2D eigenvalue weighted by Crippen LogP contribution is 2.19. The zero-order valence-electron chi connectivity index (χ0n) is 12.6. The van der Waals surface area contributed by atoms with Gasteiger partial charge < -0.3 is 15.2 Å². The molecule has 0 aliphatic heterocycles. The van der Waals surface area contributed by atoms with Crippen molar-refractivity contribution in [2.24, 2.45) is 0 Å². The molecule has 0 radical (unpaired) electrons. The molecule has 0 aliphatic rings. The van der Waals surface area contributed by atoms with Crippen LogP contribution in [0.5, 0.6) is 5.75 Å². The average Bonchev–Trinajstić information content (AvgIpc) is 2.46. The largest absolute Gasteiger partial charge is 0.494 e. The summed E-state index contributed by atoms with van der Waals surface area (Å²) < 4.78 is 5.50. The van der Waals surface area contributed by atoms with Gasteiger partial charge >= 0.3 is 5.97 Å². The first kappa shape index (κ1) is 17.0. The van der Waals surface area contributed by atoms with Gasteiger partial charge in [-0.05, 0) is 31.4 Å². The van der Waals surface area contributed by atoms with Crippen molar-refractivity contribution in [2.75, 3.05) is 6.61 Å². The van der Waals surface area contributed by atoms with Gasteiger partial charge in [0.25, 0.3) is 0 Å². The smallest absolute Gasteiger partial charge is 0.326 e. The minimum atomic E-state index is -0.986. The molecule has 0 spiro atoms. The molecule has 0 saturated carbocycles. The van der Waals surface area contributed by atoms with Gasteiger partial charge in [-0.2, -0.15) is 0 Å². The summed E-state index contributed by atoms with van der Waals surface area (Å²) in [6.45, 7) is 4.37. The van der Waals surface area contributed by atoms with Crippen LogP contribution < -0.4 is 10.1 Å². The van der Waals surface area contributed by atoms with Crippen LogP contribution in [0.2, 0.25) is 0 Å². The SMILES string of the molecule is CCCC(NC(=O)CCc1ccccc1OCC)C(=O)O. The van der Waals surface area contributed by atoms with E-state index in [2.05, 4.69) is 5.32 Å². The number of carbonyl (C=O) groups excluding carboxylic acids is 1. The number of amides is 1. The second-order valence-corrected chi connectivity index (χ2v) is 4.79. The summed E-state index contributed by atoms with van der Waals surface area (Å²) in [6, 6.07) is 6.76. The fourth-order valence-electron chi connectivity index (χ4n) is 2.07. The second kappa shape index (κ2) is 9.00. The van der Waals surface area contributed by atoms with Gasteiger partial charge in [-0.3, -0.25) is 4.79 Å². The molecule has 0 bridgehead atoms. The van der Waals surface area contributed by atoms with E-state index >= 15 is 0 Å². The summed E-state index contributed by atoms with van der Waals surface area (Å²) in [5.74, 6) is -0.460. The zero-order valence-corrected chi connectivity index (χ0v) is 12.6. The lowest BCUT2D eigenvalue weighted by molar-refractivity contribution is -0.142. The van der Waals surface area contributed by atoms with Gasteiger partial charge in [0.05, 0.1) is 6.61 Å². The first-order chi connectivity index (χ1) is 10.1.